The Kier molecular flexibility index (Phi) is 2.73. The summed E-state index contributed by atoms with van der Waals surface area (Å²) in [5, 5.41) is 9.62. The van der Waals surface area contributed by atoms with Crippen molar-refractivity contribution in [3.63, 3.8) is 0 Å². The third-order valence-corrected chi connectivity index (χ3v) is 2.73. The van der Waals surface area contributed by atoms with E-state index in [9.17, 15) is 4.79 Å². The molecule has 0 spiro atoms. The molecule has 5 heteroatoms. The third kappa shape index (κ3) is 2.18. The number of anilines is 1. The monoisotopic (exact) mass is 209 g/mol. The molecule has 0 saturated carbocycles. The lowest BCUT2D eigenvalue weighted by molar-refractivity contribution is -0.120. The number of hydrogen-bond donors (Lipinski definition) is 2. The summed E-state index contributed by atoms with van der Waals surface area (Å²) in [6.07, 6.45) is 0. The third-order valence-electron chi connectivity index (χ3n) is 2.73. The summed E-state index contributed by atoms with van der Waals surface area (Å²) in [6.45, 7) is 5.52. The van der Waals surface area contributed by atoms with E-state index < -0.39 is 0 Å². The molecule has 1 amide bonds. The van der Waals surface area contributed by atoms with Gasteiger partial charge in [-0.1, -0.05) is 12.1 Å². The van der Waals surface area contributed by atoms with Gasteiger partial charge in [-0.25, -0.2) is 0 Å². The van der Waals surface area contributed by atoms with Crippen LogP contribution in [0, 0.1) is 18.8 Å². The van der Waals surface area contributed by atoms with Gasteiger partial charge in [-0.2, -0.15) is 0 Å². The van der Waals surface area contributed by atoms with Crippen molar-refractivity contribution < 1.29 is 9.32 Å². The molecule has 2 rings (SSSR count). The predicted octanol–water partition coefficient (Wildman–Crippen LogP) is 0.777. The van der Waals surface area contributed by atoms with Crippen molar-refractivity contribution in [1.82, 2.24) is 10.5 Å². The van der Waals surface area contributed by atoms with Gasteiger partial charge in [-0.15, -0.1) is 0 Å². The fourth-order valence-electron chi connectivity index (χ4n) is 1.80. The molecule has 2 heterocycles. The Hall–Kier alpha value is -1.36. The molecule has 2 unspecified atom stereocenters. The normalized spacial score (nSPS) is 25.5. The number of rotatable bonds is 2. The van der Waals surface area contributed by atoms with E-state index in [1.54, 1.807) is 6.07 Å². The zero-order valence-corrected chi connectivity index (χ0v) is 8.91. The predicted molar refractivity (Wildman–Crippen MR) is 55.4 cm³/mol. The SMILES string of the molecule is Cc1cc(NC(=O)C2CNCC2C)on1. The summed E-state index contributed by atoms with van der Waals surface area (Å²) >= 11 is 0. The van der Waals surface area contributed by atoms with E-state index in [2.05, 4.69) is 22.7 Å². The molecule has 0 radical (unpaired) electrons. The largest absolute Gasteiger partial charge is 0.338 e. The number of aryl methyl sites for hydroxylation is 1. The van der Waals surface area contributed by atoms with Crippen molar-refractivity contribution in [3.8, 4) is 0 Å². The van der Waals surface area contributed by atoms with Crippen molar-refractivity contribution >= 4 is 11.8 Å². The summed E-state index contributed by atoms with van der Waals surface area (Å²) in [7, 11) is 0. The topological polar surface area (TPSA) is 67.2 Å². The van der Waals surface area contributed by atoms with E-state index in [1.165, 1.54) is 0 Å². The van der Waals surface area contributed by atoms with Crippen molar-refractivity contribution in [3.05, 3.63) is 11.8 Å². The second-order valence-electron chi connectivity index (χ2n) is 4.06. The van der Waals surface area contributed by atoms with E-state index in [0.29, 0.717) is 11.8 Å². The zero-order chi connectivity index (χ0) is 10.8. The van der Waals surface area contributed by atoms with Crippen LogP contribution in [0.2, 0.25) is 0 Å². The summed E-state index contributed by atoms with van der Waals surface area (Å²) in [5.74, 6) is 0.824. The molecule has 0 aliphatic carbocycles. The van der Waals surface area contributed by atoms with Gasteiger partial charge in [0.25, 0.3) is 0 Å². The average Bonchev–Trinajstić information content (AvgIpc) is 2.75. The highest BCUT2D eigenvalue weighted by Gasteiger charge is 2.29. The number of hydrogen-bond acceptors (Lipinski definition) is 4. The van der Waals surface area contributed by atoms with Crippen molar-refractivity contribution in [1.29, 1.82) is 0 Å². The van der Waals surface area contributed by atoms with Crippen LogP contribution in [0.15, 0.2) is 10.6 Å². The highest BCUT2D eigenvalue weighted by molar-refractivity contribution is 5.91. The second-order valence-corrected chi connectivity index (χ2v) is 4.06. The van der Waals surface area contributed by atoms with E-state index >= 15 is 0 Å². The van der Waals surface area contributed by atoms with Crippen molar-refractivity contribution in [2.24, 2.45) is 11.8 Å². The van der Waals surface area contributed by atoms with Gasteiger partial charge in [0.15, 0.2) is 0 Å². The van der Waals surface area contributed by atoms with Gasteiger partial charge in [0.1, 0.15) is 0 Å². The number of aromatic nitrogens is 1. The van der Waals surface area contributed by atoms with Gasteiger partial charge in [-0.3, -0.25) is 10.1 Å². The molecule has 1 saturated heterocycles. The number of nitrogens with zero attached hydrogens (tertiary/aromatic N) is 1. The molecule has 0 bridgehead atoms. The summed E-state index contributed by atoms with van der Waals surface area (Å²) in [6, 6.07) is 1.71. The Labute approximate surface area is 88.2 Å². The van der Waals surface area contributed by atoms with Gasteiger partial charge in [0, 0.05) is 12.6 Å². The first-order valence-corrected chi connectivity index (χ1v) is 5.11. The fraction of sp³-hybridized carbons (Fsp3) is 0.600. The first kappa shape index (κ1) is 10.2. The number of nitrogens with one attached hydrogen (secondary N) is 2. The quantitative estimate of drug-likeness (QED) is 0.755. The van der Waals surface area contributed by atoms with Crippen LogP contribution < -0.4 is 10.6 Å². The van der Waals surface area contributed by atoms with Crippen LogP contribution in [0.3, 0.4) is 0 Å². The van der Waals surface area contributed by atoms with Gasteiger partial charge in [-0.05, 0) is 19.4 Å². The lowest BCUT2D eigenvalue weighted by Crippen LogP contribution is -2.27. The first-order valence-electron chi connectivity index (χ1n) is 5.11. The molecule has 5 nitrogen and oxygen atoms in total. The van der Waals surface area contributed by atoms with Crippen LogP contribution in [-0.4, -0.2) is 24.2 Å². The zero-order valence-electron chi connectivity index (χ0n) is 8.91. The summed E-state index contributed by atoms with van der Waals surface area (Å²) in [5.41, 5.74) is 0.767. The Morgan fingerprint density at radius 2 is 2.47 bits per heavy atom. The Morgan fingerprint density at radius 1 is 1.67 bits per heavy atom. The molecule has 82 valence electrons. The van der Waals surface area contributed by atoms with Gasteiger partial charge >= 0.3 is 0 Å². The van der Waals surface area contributed by atoms with Crippen LogP contribution in [0.5, 0.6) is 0 Å². The Balaban J connectivity index is 1.97. The molecule has 1 aliphatic heterocycles. The van der Waals surface area contributed by atoms with Gasteiger partial charge in [0.2, 0.25) is 11.8 Å². The lowest BCUT2D eigenvalue weighted by Gasteiger charge is -2.11. The van der Waals surface area contributed by atoms with Crippen LogP contribution in [0.1, 0.15) is 12.6 Å². The molecule has 2 N–H and O–H groups in total. The molecule has 2 atom stereocenters. The minimum absolute atomic E-state index is 0.00338. The molecule has 1 aliphatic rings. The van der Waals surface area contributed by atoms with Crippen LogP contribution in [0.4, 0.5) is 5.88 Å². The maximum atomic E-state index is 11.8. The highest BCUT2D eigenvalue weighted by Crippen LogP contribution is 2.18. The first-order chi connectivity index (χ1) is 7.16. The van der Waals surface area contributed by atoms with Crippen molar-refractivity contribution in [2.45, 2.75) is 13.8 Å². The smallest absolute Gasteiger partial charge is 0.231 e. The van der Waals surface area contributed by atoms with E-state index in [-0.39, 0.29) is 11.8 Å². The molecular weight excluding hydrogens is 194 g/mol. The lowest BCUT2D eigenvalue weighted by atomic mass is 9.97. The van der Waals surface area contributed by atoms with Crippen molar-refractivity contribution in [2.75, 3.05) is 18.4 Å². The molecule has 1 aromatic rings. The van der Waals surface area contributed by atoms with Crippen LogP contribution >= 0.6 is 0 Å². The molecule has 15 heavy (non-hydrogen) atoms. The average molecular weight is 209 g/mol. The van der Waals surface area contributed by atoms with E-state index in [4.69, 9.17) is 4.52 Å². The summed E-state index contributed by atoms with van der Waals surface area (Å²) in [4.78, 5) is 11.8. The van der Waals surface area contributed by atoms with E-state index in [0.717, 1.165) is 18.8 Å². The second kappa shape index (κ2) is 4.02. The summed E-state index contributed by atoms with van der Waals surface area (Å²) < 4.78 is 4.93. The number of carbonyl (C=O) groups is 1. The van der Waals surface area contributed by atoms with Crippen LogP contribution in [-0.2, 0) is 4.79 Å². The maximum Gasteiger partial charge on any atom is 0.231 e. The molecule has 1 aromatic heterocycles. The fourth-order valence-corrected chi connectivity index (χ4v) is 1.80. The molecule has 0 aromatic carbocycles. The number of amides is 1. The molecule has 1 fully saturated rings. The van der Waals surface area contributed by atoms with E-state index in [1.807, 2.05) is 6.92 Å². The Bertz CT molecular complexity index is 361. The maximum absolute atomic E-state index is 11.8. The highest BCUT2D eigenvalue weighted by atomic mass is 16.5. The molecular formula is C10H15N3O2. The van der Waals surface area contributed by atoms with Gasteiger partial charge in [0.05, 0.1) is 11.6 Å². The van der Waals surface area contributed by atoms with Crippen LogP contribution in [0.25, 0.3) is 0 Å². The number of carbonyl (C=O) groups excluding carboxylic acids is 1. The van der Waals surface area contributed by atoms with Gasteiger partial charge < -0.3 is 9.84 Å². The Morgan fingerprint density at radius 3 is 3.00 bits per heavy atom. The standard InChI is InChI=1S/C10H15N3O2/c1-6-4-11-5-8(6)10(14)12-9-3-7(2)13-15-9/h3,6,8,11H,4-5H2,1-2H3,(H,12,14). The minimum atomic E-state index is 0.00338. The minimum Gasteiger partial charge on any atom is -0.338 e.